The molecule has 164 valence electrons. The molecule has 0 spiro atoms. The first-order valence-corrected chi connectivity index (χ1v) is 12.0. The number of H-pyrrole nitrogens is 1. The van der Waals surface area contributed by atoms with Gasteiger partial charge in [-0.3, -0.25) is 9.59 Å². The maximum Gasteiger partial charge on any atom is 0.257 e. The molecule has 1 aliphatic heterocycles. The number of ketones is 1. The van der Waals surface area contributed by atoms with Crippen molar-refractivity contribution in [1.82, 2.24) is 9.97 Å². The number of carbonyl (C=O) groups is 1. The molecule has 4 rings (SSSR count). The zero-order valence-corrected chi connectivity index (χ0v) is 19.8. The normalized spacial score (nSPS) is 19.8. The number of nitrogens with zero attached hydrogens (tertiary/aromatic N) is 1. The summed E-state index contributed by atoms with van der Waals surface area (Å²) in [7, 11) is 0. The van der Waals surface area contributed by atoms with Crippen molar-refractivity contribution in [2.24, 2.45) is 11.3 Å². The molecule has 1 unspecified atom stereocenters. The highest BCUT2D eigenvalue weighted by molar-refractivity contribution is 7.99. The van der Waals surface area contributed by atoms with Gasteiger partial charge in [-0.1, -0.05) is 69.3 Å². The lowest BCUT2D eigenvalue weighted by molar-refractivity contribution is -0.118. The number of aromatic nitrogens is 2. The largest absolute Gasteiger partial charge is 0.343 e. The molecule has 0 bridgehead atoms. The summed E-state index contributed by atoms with van der Waals surface area (Å²) in [4.78, 5) is 34.3. The van der Waals surface area contributed by atoms with Crippen molar-refractivity contribution in [2.75, 3.05) is 11.1 Å². The number of anilines is 1. The highest BCUT2D eigenvalue weighted by Gasteiger charge is 2.42. The lowest BCUT2D eigenvalue weighted by Crippen LogP contribution is -2.37. The summed E-state index contributed by atoms with van der Waals surface area (Å²) >= 11 is 1.58. The quantitative estimate of drug-likeness (QED) is 0.483. The third kappa shape index (κ3) is 4.49. The summed E-state index contributed by atoms with van der Waals surface area (Å²) in [5.41, 5.74) is 3.98. The molecule has 0 saturated heterocycles. The predicted octanol–water partition coefficient (Wildman–Crippen LogP) is 5.42. The number of Topliss-reactive ketones (excluding diaryl/α,β-unsaturated/α-hetero) is 1. The fraction of sp³-hybridized carbons (Fsp3) is 0.480. The van der Waals surface area contributed by atoms with Crippen molar-refractivity contribution in [3.8, 4) is 0 Å². The summed E-state index contributed by atoms with van der Waals surface area (Å²) in [6.45, 7) is 10.6. The van der Waals surface area contributed by atoms with Crippen LogP contribution in [0.4, 0.5) is 5.82 Å². The molecule has 2 N–H and O–H groups in total. The van der Waals surface area contributed by atoms with Crippen LogP contribution in [-0.2, 0) is 4.79 Å². The van der Waals surface area contributed by atoms with Crippen LogP contribution in [0.25, 0.3) is 0 Å². The summed E-state index contributed by atoms with van der Waals surface area (Å²) in [6.07, 6.45) is 2.31. The van der Waals surface area contributed by atoms with Crippen LogP contribution < -0.4 is 10.9 Å². The zero-order valence-electron chi connectivity index (χ0n) is 19.0. The molecule has 1 aromatic carbocycles. The van der Waals surface area contributed by atoms with E-state index in [1.54, 1.807) is 11.8 Å². The van der Waals surface area contributed by atoms with Gasteiger partial charge in [0.2, 0.25) is 0 Å². The molecule has 0 fully saturated rings. The second-order valence-electron chi connectivity index (χ2n) is 9.97. The van der Waals surface area contributed by atoms with Crippen molar-refractivity contribution < 1.29 is 4.79 Å². The minimum Gasteiger partial charge on any atom is -0.343 e. The van der Waals surface area contributed by atoms with Crippen LogP contribution in [0.3, 0.4) is 0 Å². The fourth-order valence-corrected chi connectivity index (χ4v) is 5.64. The van der Waals surface area contributed by atoms with E-state index in [1.165, 1.54) is 0 Å². The number of thioether (sulfide) groups is 1. The van der Waals surface area contributed by atoms with Crippen LogP contribution in [0.1, 0.15) is 69.6 Å². The summed E-state index contributed by atoms with van der Waals surface area (Å²) < 4.78 is 0. The van der Waals surface area contributed by atoms with Gasteiger partial charge in [-0.2, -0.15) is 0 Å². The van der Waals surface area contributed by atoms with Gasteiger partial charge >= 0.3 is 0 Å². The Morgan fingerprint density at radius 3 is 2.71 bits per heavy atom. The topological polar surface area (TPSA) is 74.8 Å². The van der Waals surface area contributed by atoms with E-state index >= 15 is 0 Å². The third-order valence-corrected chi connectivity index (χ3v) is 6.92. The van der Waals surface area contributed by atoms with E-state index in [1.807, 2.05) is 25.1 Å². The number of rotatable bonds is 5. The molecule has 6 heteroatoms. The molecule has 0 radical (unpaired) electrons. The van der Waals surface area contributed by atoms with Crippen LogP contribution in [-0.4, -0.2) is 21.5 Å². The molecule has 2 heterocycles. The van der Waals surface area contributed by atoms with Crippen LogP contribution in [0.2, 0.25) is 0 Å². The van der Waals surface area contributed by atoms with E-state index in [-0.39, 0.29) is 22.7 Å². The standard InChI is InChI=1S/C25H31N3O2S/c1-14(2)9-10-31-24-27-22-21(23(30)28-24)19(16-8-6-7-15(3)11-16)20-17(26-22)12-25(4,5)13-18(20)29/h6-8,11,14,19H,9-10,12-13H2,1-5H3,(H2,26,27,28,30). The van der Waals surface area contributed by atoms with Crippen molar-refractivity contribution in [3.05, 3.63) is 62.6 Å². The Hall–Kier alpha value is -2.34. The Bertz CT molecular complexity index is 1110. The number of hydrogen-bond donors (Lipinski definition) is 2. The van der Waals surface area contributed by atoms with E-state index in [2.05, 4.69) is 44.1 Å². The summed E-state index contributed by atoms with van der Waals surface area (Å²) in [6, 6.07) is 8.10. The maximum atomic E-state index is 13.3. The van der Waals surface area contributed by atoms with E-state index in [0.29, 0.717) is 28.9 Å². The predicted molar refractivity (Wildman–Crippen MR) is 127 cm³/mol. The maximum absolute atomic E-state index is 13.3. The molecule has 1 aliphatic carbocycles. The number of fused-ring (bicyclic) bond motifs is 1. The van der Waals surface area contributed by atoms with Gasteiger partial charge in [0.25, 0.3) is 5.56 Å². The minimum atomic E-state index is -0.388. The van der Waals surface area contributed by atoms with Gasteiger partial charge in [0.05, 0.1) is 5.56 Å². The lowest BCUT2D eigenvalue weighted by Gasteiger charge is -2.38. The zero-order chi connectivity index (χ0) is 22.3. The van der Waals surface area contributed by atoms with Crippen molar-refractivity contribution in [3.63, 3.8) is 0 Å². The Morgan fingerprint density at radius 1 is 1.23 bits per heavy atom. The number of benzene rings is 1. The van der Waals surface area contributed by atoms with Crippen molar-refractivity contribution in [2.45, 2.75) is 65.0 Å². The Labute approximate surface area is 188 Å². The Kier molecular flexibility index (Phi) is 5.86. The second-order valence-corrected chi connectivity index (χ2v) is 11.1. The molecule has 1 aromatic heterocycles. The van der Waals surface area contributed by atoms with Gasteiger partial charge < -0.3 is 10.3 Å². The summed E-state index contributed by atoms with van der Waals surface area (Å²) in [5.74, 6) is 1.82. The van der Waals surface area contributed by atoms with Crippen LogP contribution >= 0.6 is 11.8 Å². The van der Waals surface area contributed by atoms with Crippen LogP contribution in [0.5, 0.6) is 0 Å². The lowest BCUT2D eigenvalue weighted by atomic mass is 9.69. The van der Waals surface area contributed by atoms with Crippen molar-refractivity contribution >= 4 is 23.4 Å². The molecule has 1 atom stereocenters. The van der Waals surface area contributed by atoms with Crippen molar-refractivity contribution in [1.29, 1.82) is 0 Å². The fourth-order valence-electron chi connectivity index (χ4n) is 4.54. The molecule has 0 saturated carbocycles. The smallest absolute Gasteiger partial charge is 0.257 e. The number of aromatic amines is 1. The van der Waals surface area contributed by atoms with Gasteiger partial charge in [0.1, 0.15) is 5.82 Å². The Balaban J connectivity index is 1.83. The first-order valence-electron chi connectivity index (χ1n) is 11.0. The van der Waals surface area contributed by atoms with Gasteiger partial charge in [-0.05, 0) is 36.7 Å². The van der Waals surface area contributed by atoms with E-state index in [9.17, 15) is 9.59 Å². The molecule has 5 nitrogen and oxygen atoms in total. The number of aryl methyl sites for hydroxylation is 1. The Morgan fingerprint density at radius 2 is 2.00 bits per heavy atom. The van der Waals surface area contributed by atoms with Crippen LogP contribution in [0.15, 0.2) is 45.5 Å². The van der Waals surface area contributed by atoms with E-state index in [0.717, 1.165) is 41.0 Å². The highest BCUT2D eigenvalue weighted by Crippen LogP contribution is 2.47. The number of carbonyl (C=O) groups excluding carboxylic acids is 1. The third-order valence-electron chi connectivity index (χ3n) is 6.01. The summed E-state index contributed by atoms with van der Waals surface area (Å²) in [5, 5.41) is 4.02. The first kappa shape index (κ1) is 21.9. The molecule has 2 aliphatic rings. The first-order chi connectivity index (χ1) is 14.6. The monoisotopic (exact) mass is 437 g/mol. The SMILES string of the molecule is Cc1cccc(C2C3=C(CC(C)(C)CC3=O)Nc3nc(SCCC(C)C)[nH]c(=O)c32)c1. The van der Waals surface area contributed by atoms with Gasteiger partial charge in [0.15, 0.2) is 10.9 Å². The highest BCUT2D eigenvalue weighted by atomic mass is 32.2. The van der Waals surface area contributed by atoms with E-state index in [4.69, 9.17) is 4.98 Å². The molecule has 0 amide bonds. The van der Waals surface area contributed by atoms with Gasteiger partial charge in [-0.25, -0.2) is 4.98 Å². The average Bonchev–Trinajstić information content (AvgIpc) is 2.65. The molecule has 2 aromatic rings. The van der Waals surface area contributed by atoms with E-state index < -0.39 is 0 Å². The van der Waals surface area contributed by atoms with Crippen LogP contribution in [0, 0.1) is 18.3 Å². The molecule has 31 heavy (non-hydrogen) atoms. The van der Waals surface area contributed by atoms with Gasteiger partial charge in [0, 0.05) is 29.4 Å². The van der Waals surface area contributed by atoms with Gasteiger partial charge in [-0.15, -0.1) is 0 Å². The number of nitrogens with one attached hydrogen (secondary N) is 2. The number of hydrogen-bond acceptors (Lipinski definition) is 5. The molecular formula is C25H31N3O2S. The molecular weight excluding hydrogens is 406 g/mol. The second kappa shape index (κ2) is 8.30. The number of allylic oxidation sites excluding steroid dienone is 2. The minimum absolute atomic E-state index is 0.116. The average molecular weight is 438 g/mol.